The lowest BCUT2D eigenvalue weighted by Crippen LogP contribution is -2.33. The van der Waals surface area contributed by atoms with Crippen molar-refractivity contribution in [3.05, 3.63) is 53.4 Å². The number of anilines is 1. The molecule has 2 aromatic heterocycles. The highest BCUT2D eigenvalue weighted by molar-refractivity contribution is 6.30. The van der Waals surface area contributed by atoms with Crippen molar-refractivity contribution in [3.63, 3.8) is 0 Å². The molecular weight excluding hydrogens is 350 g/mol. The van der Waals surface area contributed by atoms with Crippen molar-refractivity contribution in [2.45, 2.75) is 25.8 Å². The summed E-state index contributed by atoms with van der Waals surface area (Å²) in [6.07, 6.45) is 2.69. The fraction of sp³-hybridized carbons (Fsp3) is 0.316. The van der Waals surface area contributed by atoms with Crippen molar-refractivity contribution in [1.82, 2.24) is 19.4 Å². The van der Waals surface area contributed by atoms with Gasteiger partial charge in [0.25, 0.3) is 0 Å². The molecule has 1 saturated heterocycles. The average molecular weight is 370 g/mol. The van der Waals surface area contributed by atoms with Crippen LogP contribution in [-0.2, 0) is 6.54 Å². The molecular formula is C19H20ClN5O. The van der Waals surface area contributed by atoms with E-state index in [1.54, 1.807) is 18.3 Å². The Hall–Kier alpha value is -2.60. The quantitative estimate of drug-likeness (QED) is 0.755. The van der Waals surface area contributed by atoms with Gasteiger partial charge in [-0.2, -0.15) is 0 Å². The highest BCUT2D eigenvalue weighted by Crippen LogP contribution is 2.29. The lowest BCUT2D eigenvalue weighted by atomic mass is 10.1. The number of hydrogen-bond donors (Lipinski definition) is 1. The molecule has 1 aliphatic rings. The molecule has 134 valence electrons. The minimum Gasteiger partial charge on any atom is -0.324 e. The van der Waals surface area contributed by atoms with Crippen LogP contribution in [0, 0.1) is 0 Å². The number of hydrogen-bond acceptors (Lipinski definition) is 3. The Morgan fingerprint density at radius 2 is 2.23 bits per heavy atom. The summed E-state index contributed by atoms with van der Waals surface area (Å²) in [7, 11) is 0. The van der Waals surface area contributed by atoms with E-state index in [9.17, 15) is 4.79 Å². The SMILES string of the molecule is CCn1c(C2CCN(C(=O)Nc3cccc(Cl)c3)C2)nc2cccnc21. The molecule has 7 heteroatoms. The van der Waals surface area contributed by atoms with Gasteiger partial charge >= 0.3 is 6.03 Å². The largest absolute Gasteiger partial charge is 0.324 e. The van der Waals surface area contributed by atoms with Crippen LogP contribution in [0.3, 0.4) is 0 Å². The van der Waals surface area contributed by atoms with E-state index < -0.39 is 0 Å². The van der Waals surface area contributed by atoms with E-state index >= 15 is 0 Å². The van der Waals surface area contributed by atoms with Gasteiger partial charge in [0, 0.05) is 42.5 Å². The number of carbonyl (C=O) groups excluding carboxylic acids is 1. The van der Waals surface area contributed by atoms with E-state index in [1.807, 2.05) is 29.2 Å². The summed E-state index contributed by atoms with van der Waals surface area (Å²) in [5.41, 5.74) is 2.52. The Balaban J connectivity index is 1.51. The number of nitrogens with zero attached hydrogens (tertiary/aromatic N) is 4. The average Bonchev–Trinajstić information content (AvgIpc) is 3.26. The maximum absolute atomic E-state index is 12.6. The molecule has 0 spiro atoms. The predicted molar refractivity (Wildman–Crippen MR) is 103 cm³/mol. The fourth-order valence-electron chi connectivity index (χ4n) is 3.52. The molecule has 1 unspecified atom stereocenters. The smallest absolute Gasteiger partial charge is 0.321 e. The summed E-state index contributed by atoms with van der Waals surface area (Å²) in [6, 6.07) is 11.0. The van der Waals surface area contributed by atoms with Crippen molar-refractivity contribution in [3.8, 4) is 0 Å². The molecule has 2 amide bonds. The predicted octanol–water partition coefficient (Wildman–Crippen LogP) is 4.13. The monoisotopic (exact) mass is 369 g/mol. The molecule has 0 aliphatic carbocycles. The molecule has 1 N–H and O–H groups in total. The standard InChI is InChI=1S/C19H20ClN5O/c1-2-25-17(23-16-7-4-9-21-18(16)25)13-8-10-24(12-13)19(26)22-15-6-3-5-14(20)11-15/h3-7,9,11,13H,2,8,10,12H2,1H3,(H,22,26). The zero-order valence-corrected chi connectivity index (χ0v) is 15.3. The first-order chi connectivity index (χ1) is 12.7. The number of likely N-dealkylation sites (tertiary alicyclic amines) is 1. The van der Waals surface area contributed by atoms with Gasteiger partial charge in [-0.25, -0.2) is 14.8 Å². The van der Waals surface area contributed by atoms with E-state index in [4.69, 9.17) is 16.6 Å². The van der Waals surface area contributed by atoms with Gasteiger partial charge in [0.2, 0.25) is 0 Å². The van der Waals surface area contributed by atoms with Crippen LogP contribution in [-0.4, -0.2) is 38.6 Å². The minimum atomic E-state index is -0.105. The molecule has 3 heterocycles. The van der Waals surface area contributed by atoms with Crippen molar-refractivity contribution < 1.29 is 4.79 Å². The fourth-order valence-corrected chi connectivity index (χ4v) is 3.71. The van der Waals surface area contributed by atoms with Crippen LogP contribution in [0.5, 0.6) is 0 Å². The second kappa shape index (κ2) is 6.96. The lowest BCUT2D eigenvalue weighted by Gasteiger charge is -2.18. The molecule has 1 fully saturated rings. The van der Waals surface area contributed by atoms with Gasteiger partial charge in [-0.3, -0.25) is 0 Å². The Kier molecular flexibility index (Phi) is 4.51. The van der Waals surface area contributed by atoms with Crippen molar-refractivity contribution in [1.29, 1.82) is 0 Å². The van der Waals surface area contributed by atoms with E-state index in [0.717, 1.165) is 30.0 Å². The number of fused-ring (bicyclic) bond motifs is 1. The first kappa shape index (κ1) is 16.8. The molecule has 1 aliphatic heterocycles. The summed E-state index contributed by atoms with van der Waals surface area (Å²) in [6.45, 7) is 4.26. The lowest BCUT2D eigenvalue weighted by molar-refractivity contribution is 0.222. The van der Waals surface area contributed by atoms with E-state index in [1.165, 1.54) is 0 Å². The number of imidazole rings is 1. The maximum atomic E-state index is 12.6. The maximum Gasteiger partial charge on any atom is 0.321 e. The topological polar surface area (TPSA) is 63.1 Å². The molecule has 0 bridgehead atoms. The second-order valence-corrected chi connectivity index (χ2v) is 6.87. The third kappa shape index (κ3) is 3.12. The van der Waals surface area contributed by atoms with Crippen LogP contribution < -0.4 is 5.32 Å². The van der Waals surface area contributed by atoms with Crippen LogP contribution in [0.15, 0.2) is 42.6 Å². The van der Waals surface area contributed by atoms with Crippen LogP contribution >= 0.6 is 11.6 Å². The van der Waals surface area contributed by atoms with Crippen molar-refractivity contribution >= 4 is 34.5 Å². The zero-order valence-electron chi connectivity index (χ0n) is 14.5. The Bertz CT molecular complexity index is 954. The van der Waals surface area contributed by atoms with Gasteiger partial charge < -0.3 is 14.8 Å². The number of urea groups is 1. The Labute approximate surface area is 156 Å². The van der Waals surface area contributed by atoms with Gasteiger partial charge in [0.15, 0.2) is 5.65 Å². The third-order valence-corrected chi connectivity index (χ3v) is 5.00. The van der Waals surface area contributed by atoms with E-state index in [0.29, 0.717) is 23.8 Å². The van der Waals surface area contributed by atoms with E-state index in [2.05, 4.69) is 21.8 Å². The molecule has 4 rings (SSSR count). The summed E-state index contributed by atoms with van der Waals surface area (Å²) in [5, 5.41) is 3.52. The number of carbonyl (C=O) groups is 1. The normalized spacial score (nSPS) is 17.0. The zero-order chi connectivity index (χ0) is 18.1. The molecule has 0 saturated carbocycles. The third-order valence-electron chi connectivity index (χ3n) is 4.77. The van der Waals surface area contributed by atoms with Gasteiger partial charge in [-0.1, -0.05) is 17.7 Å². The number of pyridine rings is 1. The highest BCUT2D eigenvalue weighted by Gasteiger charge is 2.31. The molecule has 3 aromatic rings. The number of benzene rings is 1. The minimum absolute atomic E-state index is 0.105. The van der Waals surface area contributed by atoms with Gasteiger partial charge in [0.1, 0.15) is 11.3 Å². The highest BCUT2D eigenvalue weighted by atomic mass is 35.5. The summed E-state index contributed by atoms with van der Waals surface area (Å²) < 4.78 is 2.15. The van der Waals surface area contributed by atoms with Gasteiger partial charge in [-0.05, 0) is 43.7 Å². The van der Waals surface area contributed by atoms with Crippen LogP contribution in [0.2, 0.25) is 5.02 Å². The molecule has 6 nitrogen and oxygen atoms in total. The first-order valence-corrected chi connectivity index (χ1v) is 9.16. The number of aromatic nitrogens is 3. The van der Waals surface area contributed by atoms with Crippen LogP contribution in [0.25, 0.3) is 11.2 Å². The van der Waals surface area contributed by atoms with Crippen molar-refractivity contribution in [2.24, 2.45) is 0 Å². The van der Waals surface area contributed by atoms with Crippen molar-refractivity contribution in [2.75, 3.05) is 18.4 Å². The van der Waals surface area contributed by atoms with E-state index in [-0.39, 0.29) is 11.9 Å². The Morgan fingerprint density at radius 1 is 1.35 bits per heavy atom. The van der Waals surface area contributed by atoms with Gasteiger partial charge in [-0.15, -0.1) is 0 Å². The van der Waals surface area contributed by atoms with Crippen LogP contribution in [0.4, 0.5) is 10.5 Å². The molecule has 26 heavy (non-hydrogen) atoms. The number of nitrogens with one attached hydrogen (secondary N) is 1. The molecule has 0 radical (unpaired) electrons. The number of rotatable bonds is 3. The first-order valence-electron chi connectivity index (χ1n) is 8.78. The molecule has 1 atom stereocenters. The van der Waals surface area contributed by atoms with Gasteiger partial charge in [0.05, 0.1) is 0 Å². The summed E-state index contributed by atoms with van der Waals surface area (Å²) >= 11 is 5.98. The second-order valence-electron chi connectivity index (χ2n) is 6.43. The molecule has 1 aromatic carbocycles. The number of aryl methyl sites for hydroxylation is 1. The summed E-state index contributed by atoms with van der Waals surface area (Å²) in [5.74, 6) is 1.23. The number of amides is 2. The van der Waals surface area contributed by atoms with Crippen LogP contribution in [0.1, 0.15) is 25.1 Å². The number of halogens is 1. The summed E-state index contributed by atoms with van der Waals surface area (Å²) in [4.78, 5) is 23.6. The Morgan fingerprint density at radius 3 is 3.04 bits per heavy atom.